The molecule has 2 fully saturated rings. The quantitative estimate of drug-likeness (QED) is 0.528. The standard InChI is InChI=1S/C27H31N3O5S/c1-29(2)16-22-17-30(36(32,33)23-5-3-4-20(11-23)15-28)24-12-19(7-9-25(24)34-22)14-27(31)35-26-13-18-6-8-21(26)10-18/h3-5,7,9,11-12,18,21-22,26H,6,8,10,13-14,16-17H2,1-2H3/t18-,21+,22+,26-/m1/s1. The molecule has 8 nitrogen and oxygen atoms in total. The molecule has 36 heavy (non-hydrogen) atoms. The van der Waals surface area contributed by atoms with E-state index in [1.165, 1.54) is 22.9 Å². The van der Waals surface area contributed by atoms with Crippen LogP contribution in [0, 0.1) is 23.2 Å². The van der Waals surface area contributed by atoms with Crippen molar-refractivity contribution >= 4 is 21.7 Å². The van der Waals surface area contributed by atoms with Gasteiger partial charge in [0.1, 0.15) is 18.0 Å². The number of carbonyl (C=O) groups is 1. The topological polar surface area (TPSA) is 99.9 Å². The van der Waals surface area contributed by atoms with Gasteiger partial charge in [-0.2, -0.15) is 5.26 Å². The molecule has 2 aliphatic carbocycles. The molecule has 190 valence electrons. The van der Waals surface area contributed by atoms with E-state index in [1.807, 2.05) is 25.1 Å². The highest BCUT2D eigenvalue weighted by molar-refractivity contribution is 7.92. The van der Waals surface area contributed by atoms with Crippen LogP contribution in [0.4, 0.5) is 5.69 Å². The molecule has 0 unspecified atom stereocenters. The maximum atomic E-state index is 13.7. The van der Waals surface area contributed by atoms with Gasteiger partial charge in [0.05, 0.1) is 35.2 Å². The van der Waals surface area contributed by atoms with Gasteiger partial charge in [-0.15, -0.1) is 0 Å². The van der Waals surface area contributed by atoms with Crippen LogP contribution in [-0.4, -0.2) is 58.7 Å². The molecule has 0 N–H and O–H groups in total. The number of ether oxygens (including phenoxy) is 2. The third-order valence-electron chi connectivity index (χ3n) is 7.38. The van der Waals surface area contributed by atoms with Crippen molar-refractivity contribution in [3.8, 4) is 11.8 Å². The highest BCUT2D eigenvalue weighted by Crippen LogP contribution is 2.46. The van der Waals surface area contributed by atoms with Crippen LogP contribution < -0.4 is 9.04 Å². The summed E-state index contributed by atoms with van der Waals surface area (Å²) in [5.41, 5.74) is 1.33. The first-order chi connectivity index (χ1) is 17.2. The molecule has 2 saturated carbocycles. The Morgan fingerprint density at radius 2 is 2.03 bits per heavy atom. The minimum Gasteiger partial charge on any atom is -0.485 e. The summed E-state index contributed by atoms with van der Waals surface area (Å²) in [5.74, 6) is 1.32. The third-order valence-corrected chi connectivity index (χ3v) is 9.16. The first-order valence-electron chi connectivity index (χ1n) is 12.4. The summed E-state index contributed by atoms with van der Waals surface area (Å²) in [7, 11) is -0.175. The first kappa shape index (κ1) is 24.6. The highest BCUT2D eigenvalue weighted by atomic mass is 32.2. The molecule has 2 bridgehead atoms. The van der Waals surface area contributed by atoms with Crippen molar-refractivity contribution in [3.63, 3.8) is 0 Å². The molecule has 1 heterocycles. The van der Waals surface area contributed by atoms with Crippen LogP contribution in [0.15, 0.2) is 47.4 Å². The van der Waals surface area contributed by atoms with E-state index >= 15 is 0 Å². The molecule has 3 aliphatic rings. The lowest BCUT2D eigenvalue weighted by Gasteiger charge is -2.36. The number of likely N-dealkylation sites (N-methyl/N-ethyl adjacent to an activating group) is 1. The summed E-state index contributed by atoms with van der Waals surface area (Å²) < 4.78 is 40.8. The molecule has 4 atom stereocenters. The largest absolute Gasteiger partial charge is 0.485 e. The fourth-order valence-corrected chi connectivity index (χ4v) is 7.30. The van der Waals surface area contributed by atoms with Gasteiger partial charge in [-0.3, -0.25) is 9.10 Å². The van der Waals surface area contributed by atoms with E-state index in [0.717, 1.165) is 19.3 Å². The lowest BCUT2D eigenvalue weighted by atomic mass is 9.98. The summed E-state index contributed by atoms with van der Waals surface area (Å²) in [6, 6.07) is 13.2. The number of hydrogen-bond acceptors (Lipinski definition) is 7. The predicted octanol–water partition coefficient (Wildman–Crippen LogP) is 3.35. The zero-order valence-electron chi connectivity index (χ0n) is 20.6. The van der Waals surface area contributed by atoms with E-state index in [1.54, 1.807) is 30.3 Å². The smallest absolute Gasteiger partial charge is 0.310 e. The van der Waals surface area contributed by atoms with Crippen molar-refractivity contribution in [2.24, 2.45) is 11.8 Å². The highest BCUT2D eigenvalue weighted by Gasteiger charge is 2.41. The van der Waals surface area contributed by atoms with Gasteiger partial charge < -0.3 is 14.4 Å². The molecule has 2 aromatic rings. The number of hydrogen-bond donors (Lipinski definition) is 0. The van der Waals surface area contributed by atoms with Gasteiger partial charge in [0.2, 0.25) is 0 Å². The first-order valence-corrected chi connectivity index (χ1v) is 13.8. The molecule has 0 aromatic heterocycles. The van der Waals surface area contributed by atoms with Crippen LogP contribution in [-0.2, 0) is 26.0 Å². The molecule has 5 rings (SSSR count). The van der Waals surface area contributed by atoms with Gasteiger partial charge in [-0.05, 0) is 87.5 Å². The van der Waals surface area contributed by atoms with E-state index in [2.05, 4.69) is 0 Å². The van der Waals surface area contributed by atoms with Crippen molar-refractivity contribution in [1.29, 1.82) is 5.26 Å². The SMILES string of the molecule is CN(C)C[C@H]1CN(S(=O)(=O)c2cccc(C#N)c2)c2cc(CC(=O)O[C@@H]3C[C@@H]4CC[C@H]3C4)ccc2O1. The van der Waals surface area contributed by atoms with Gasteiger partial charge >= 0.3 is 5.97 Å². The Morgan fingerprint density at radius 3 is 2.72 bits per heavy atom. The Hall–Kier alpha value is -3.09. The van der Waals surface area contributed by atoms with E-state index in [9.17, 15) is 18.5 Å². The molecule has 9 heteroatoms. The Morgan fingerprint density at radius 1 is 1.19 bits per heavy atom. The second kappa shape index (κ2) is 9.75. The molecule has 0 radical (unpaired) electrons. The van der Waals surface area contributed by atoms with Crippen LogP contribution in [0.25, 0.3) is 0 Å². The number of sulfonamides is 1. The molecule has 0 spiro atoms. The minimum absolute atomic E-state index is 0.00768. The number of benzene rings is 2. The number of nitriles is 1. The fraction of sp³-hybridized carbons (Fsp3) is 0.481. The van der Waals surface area contributed by atoms with Crippen LogP contribution in [0.5, 0.6) is 5.75 Å². The molecule has 0 saturated heterocycles. The van der Waals surface area contributed by atoms with Crippen LogP contribution in [0.2, 0.25) is 0 Å². The van der Waals surface area contributed by atoms with Gasteiger partial charge in [0.25, 0.3) is 10.0 Å². The lowest BCUT2D eigenvalue weighted by molar-refractivity contribution is -0.150. The zero-order valence-corrected chi connectivity index (χ0v) is 21.4. The third kappa shape index (κ3) is 4.93. The number of anilines is 1. The number of fused-ring (bicyclic) bond motifs is 3. The summed E-state index contributed by atoms with van der Waals surface area (Å²) >= 11 is 0. The van der Waals surface area contributed by atoms with Crippen LogP contribution in [0.1, 0.15) is 36.8 Å². The van der Waals surface area contributed by atoms with Crippen molar-refractivity contribution in [2.75, 3.05) is 31.5 Å². The molecule has 0 amide bonds. The average Bonchev–Trinajstić information content (AvgIpc) is 3.46. The summed E-state index contributed by atoms with van der Waals surface area (Å²) in [5, 5.41) is 9.27. The zero-order chi connectivity index (χ0) is 25.4. The maximum absolute atomic E-state index is 13.7. The molecular weight excluding hydrogens is 478 g/mol. The molecule has 1 aliphatic heterocycles. The van der Waals surface area contributed by atoms with Crippen LogP contribution in [0.3, 0.4) is 0 Å². The normalized spacial score (nSPS) is 24.8. The fourth-order valence-electron chi connectivity index (χ4n) is 5.76. The van der Waals surface area contributed by atoms with Crippen LogP contribution >= 0.6 is 0 Å². The van der Waals surface area contributed by atoms with Crippen molar-refractivity contribution in [1.82, 2.24) is 4.90 Å². The van der Waals surface area contributed by atoms with E-state index in [0.29, 0.717) is 35.4 Å². The van der Waals surface area contributed by atoms with Gasteiger partial charge in [-0.1, -0.05) is 12.1 Å². The molecule has 2 aromatic carbocycles. The molecular formula is C27H31N3O5S. The summed E-state index contributed by atoms with van der Waals surface area (Å²) in [6.45, 7) is 0.644. The Bertz CT molecular complexity index is 1300. The Labute approximate surface area is 212 Å². The Kier molecular flexibility index (Phi) is 6.66. The lowest BCUT2D eigenvalue weighted by Crippen LogP contribution is -2.47. The average molecular weight is 510 g/mol. The number of esters is 1. The number of carbonyl (C=O) groups excluding carboxylic acids is 1. The Balaban J connectivity index is 1.42. The number of nitrogens with zero attached hydrogens (tertiary/aromatic N) is 3. The van der Waals surface area contributed by atoms with Gasteiger partial charge in [0.15, 0.2) is 0 Å². The van der Waals surface area contributed by atoms with Crippen molar-refractivity contribution in [3.05, 3.63) is 53.6 Å². The van der Waals surface area contributed by atoms with E-state index < -0.39 is 10.0 Å². The predicted molar refractivity (Wildman–Crippen MR) is 134 cm³/mol. The second-order valence-electron chi connectivity index (χ2n) is 10.4. The van der Waals surface area contributed by atoms with E-state index in [4.69, 9.17) is 9.47 Å². The monoisotopic (exact) mass is 509 g/mol. The maximum Gasteiger partial charge on any atom is 0.310 e. The van der Waals surface area contributed by atoms with Gasteiger partial charge in [0, 0.05) is 6.54 Å². The van der Waals surface area contributed by atoms with Crippen molar-refractivity contribution in [2.45, 2.75) is 49.2 Å². The second-order valence-corrected chi connectivity index (χ2v) is 12.2. The van der Waals surface area contributed by atoms with Gasteiger partial charge in [-0.25, -0.2) is 8.42 Å². The summed E-state index contributed by atoms with van der Waals surface area (Å²) in [4.78, 5) is 14.7. The van der Waals surface area contributed by atoms with Crippen molar-refractivity contribution < 1.29 is 22.7 Å². The minimum atomic E-state index is -3.98. The van der Waals surface area contributed by atoms with E-state index in [-0.39, 0.29) is 41.6 Å². The number of rotatable bonds is 7. The summed E-state index contributed by atoms with van der Waals surface area (Å²) in [6.07, 6.45) is 4.17.